The van der Waals surface area contributed by atoms with E-state index in [1.165, 1.54) is 11.1 Å². The van der Waals surface area contributed by atoms with E-state index in [0.29, 0.717) is 18.1 Å². The highest BCUT2D eigenvalue weighted by atomic mass is 16.1. The molecule has 0 bridgehead atoms. The van der Waals surface area contributed by atoms with Gasteiger partial charge >= 0.3 is 0 Å². The second kappa shape index (κ2) is 10.0. The maximum absolute atomic E-state index is 12.9. The number of pyridine rings is 1. The summed E-state index contributed by atoms with van der Waals surface area (Å²) >= 11 is 0. The van der Waals surface area contributed by atoms with E-state index in [1.807, 2.05) is 48.5 Å². The minimum absolute atomic E-state index is 0.0397. The van der Waals surface area contributed by atoms with E-state index >= 15 is 0 Å². The number of carbonyl (C=O) groups is 1. The van der Waals surface area contributed by atoms with Crippen LogP contribution in [0.25, 0.3) is 0 Å². The Labute approximate surface area is 184 Å². The van der Waals surface area contributed by atoms with Gasteiger partial charge in [-0.05, 0) is 64.9 Å². The lowest BCUT2D eigenvalue weighted by Crippen LogP contribution is -2.36. The average Bonchev–Trinajstić information content (AvgIpc) is 2.78. The van der Waals surface area contributed by atoms with Crippen molar-refractivity contribution in [2.75, 3.05) is 5.32 Å². The Bertz CT molecular complexity index is 1040. The van der Waals surface area contributed by atoms with Gasteiger partial charge in [-0.15, -0.1) is 0 Å². The number of nitrogens with zero attached hydrogens (tertiary/aromatic N) is 2. The zero-order valence-corrected chi connectivity index (χ0v) is 18.6. The molecule has 0 unspecified atom stereocenters. The summed E-state index contributed by atoms with van der Waals surface area (Å²) in [6.45, 7) is 9.00. The van der Waals surface area contributed by atoms with Gasteiger partial charge in [0.1, 0.15) is 0 Å². The first-order chi connectivity index (χ1) is 14.8. The molecule has 5 heteroatoms. The Morgan fingerprint density at radius 3 is 2.32 bits per heavy atom. The van der Waals surface area contributed by atoms with E-state index in [2.05, 4.69) is 60.4 Å². The minimum Gasteiger partial charge on any atom is -0.326 e. The number of benzene rings is 2. The second-order valence-corrected chi connectivity index (χ2v) is 8.48. The van der Waals surface area contributed by atoms with Gasteiger partial charge in [-0.2, -0.15) is 0 Å². The Morgan fingerprint density at radius 1 is 0.968 bits per heavy atom. The summed E-state index contributed by atoms with van der Waals surface area (Å²) in [7, 11) is 0. The summed E-state index contributed by atoms with van der Waals surface area (Å²) in [5.41, 5.74) is 4.93. The molecule has 2 aromatic carbocycles. The Balaban J connectivity index is 1.80. The summed E-state index contributed by atoms with van der Waals surface area (Å²) in [4.78, 5) is 21.5. The summed E-state index contributed by atoms with van der Waals surface area (Å²) in [6, 6.07) is 19.6. The maximum atomic E-state index is 12.9. The van der Waals surface area contributed by atoms with E-state index < -0.39 is 0 Å². The largest absolute Gasteiger partial charge is 0.326 e. The van der Waals surface area contributed by atoms with E-state index in [1.54, 1.807) is 12.4 Å². The summed E-state index contributed by atoms with van der Waals surface area (Å²) in [6.07, 6.45) is 4.40. The fourth-order valence-corrected chi connectivity index (χ4v) is 3.08. The molecule has 0 fully saturated rings. The van der Waals surface area contributed by atoms with Crippen molar-refractivity contribution in [3.05, 3.63) is 95.3 Å². The van der Waals surface area contributed by atoms with Crippen molar-refractivity contribution >= 4 is 17.6 Å². The number of aryl methyl sites for hydroxylation is 1. The van der Waals surface area contributed by atoms with Gasteiger partial charge in [0.05, 0.1) is 6.54 Å². The second-order valence-electron chi connectivity index (χ2n) is 8.48. The van der Waals surface area contributed by atoms with Gasteiger partial charge in [0.2, 0.25) is 5.96 Å². The standard InChI is InChI=1S/C26H30N4O/c1-5-19-7-6-8-23(17-19)29-25(28-18-20-13-15-27-16-14-20)30-24(31)21-9-11-22(12-10-21)26(2,3)4/h6-17H,5,18H2,1-4H3,(H2,28,29,30,31). The number of hydrogen-bond donors (Lipinski definition) is 2. The van der Waals surface area contributed by atoms with Gasteiger partial charge < -0.3 is 5.32 Å². The van der Waals surface area contributed by atoms with Crippen LogP contribution in [0, 0.1) is 0 Å². The van der Waals surface area contributed by atoms with Crippen LogP contribution in [0.5, 0.6) is 0 Å². The average molecular weight is 415 g/mol. The van der Waals surface area contributed by atoms with Crippen LogP contribution in [0.4, 0.5) is 5.69 Å². The van der Waals surface area contributed by atoms with Crippen LogP contribution in [0.2, 0.25) is 0 Å². The topological polar surface area (TPSA) is 66.4 Å². The van der Waals surface area contributed by atoms with Gasteiger partial charge in [-0.1, -0.05) is 52.0 Å². The minimum atomic E-state index is -0.201. The number of carbonyl (C=O) groups excluding carboxylic acids is 1. The van der Waals surface area contributed by atoms with Crippen molar-refractivity contribution in [1.29, 1.82) is 0 Å². The van der Waals surface area contributed by atoms with Crippen LogP contribution >= 0.6 is 0 Å². The Morgan fingerprint density at radius 2 is 1.68 bits per heavy atom. The first kappa shape index (κ1) is 22.2. The highest BCUT2D eigenvalue weighted by Gasteiger charge is 2.15. The van der Waals surface area contributed by atoms with Crippen LogP contribution in [0.3, 0.4) is 0 Å². The van der Waals surface area contributed by atoms with Crippen molar-refractivity contribution < 1.29 is 4.79 Å². The molecule has 160 valence electrons. The molecule has 5 nitrogen and oxygen atoms in total. The number of nitrogens with one attached hydrogen (secondary N) is 2. The number of rotatable bonds is 5. The van der Waals surface area contributed by atoms with Gasteiger partial charge in [-0.3, -0.25) is 15.1 Å². The fourth-order valence-electron chi connectivity index (χ4n) is 3.08. The predicted molar refractivity (Wildman–Crippen MR) is 127 cm³/mol. The number of guanidine groups is 1. The molecule has 0 saturated carbocycles. The molecular formula is C26H30N4O. The van der Waals surface area contributed by atoms with Crippen molar-refractivity contribution in [3.8, 4) is 0 Å². The Kier molecular flexibility index (Phi) is 7.19. The van der Waals surface area contributed by atoms with Gasteiger partial charge in [0, 0.05) is 23.6 Å². The quantitative estimate of drug-likeness (QED) is 0.437. The molecule has 0 aliphatic rings. The van der Waals surface area contributed by atoms with Gasteiger partial charge in [0.15, 0.2) is 0 Å². The van der Waals surface area contributed by atoms with Gasteiger partial charge in [-0.25, -0.2) is 4.99 Å². The number of aromatic nitrogens is 1. The maximum Gasteiger partial charge on any atom is 0.257 e. The molecule has 3 rings (SSSR count). The van der Waals surface area contributed by atoms with E-state index in [-0.39, 0.29) is 11.3 Å². The molecule has 0 saturated heterocycles. The predicted octanol–water partition coefficient (Wildman–Crippen LogP) is 5.34. The molecule has 31 heavy (non-hydrogen) atoms. The molecule has 3 aromatic rings. The molecule has 1 heterocycles. The first-order valence-corrected chi connectivity index (χ1v) is 10.6. The van der Waals surface area contributed by atoms with E-state index in [0.717, 1.165) is 17.7 Å². The highest BCUT2D eigenvalue weighted by molar-refractivity contribution is 6.10. The molecule has 1 amide bonds. The third-order valence-corrected chi connectivity index (χ3v) is 5.01. The lowest BCUT2D eigenvalue weighted by atomic mass is 9.87. The monoisotopic (exact) mass is 414 g/mol. The van der Waals surface area contributed by atoms with Crippen molar-refractivity contribution in [2.24, 2.45) is 4.99 Å². The first-order valence-electron chi connectivity index (χ1n) is 10.6. The fraction of sp³-hybridized carbons (Fsp3) is 0.269. The number of aliphatic imine (C=N–C) groups is 1. The molecule has 2 N–H and O–H groups in total. The molecule has 1 aromatic heterocycles. The zero-order valence-electron chi connectivity index (χ0n) is 18.6. The number of hydrogen-bond acceptors (Lipinski definition) is 3. The lowest BCUT2D eigenvalue weighted by Gasteiger charge is -2.19. The van der Waals surface area contributed by atoms with E-state index in [9.17, 15) is 4.79 Å². The van der Waals surface area contributed by atoms with Crippen LogP contribution in [-0.4, -0.2) is 16.9 Å². The molecule has 0 atom stereocenters. The number of anilines is 1. The summed E-state index contributed by atoms with van der Waals surface area (Å²) < 4.78 is 0. The highest BCUT2D eigenvalue weighted by Crippen LogP contribution is 2.22. The Hall–Kier alpha value is -3.47. The molecular weight excluding hydrogens is 384 g/mol. The zero-order chi connectivity index (χ0) is 22.3. The molecule has 0 radical (unpaired) electrons. The normalized spacial score (nSPS) is 11.8. The third-order valence-electron chi connectivity index (χ3n) is 5.01. The summed E-state index contributed by atoms with van der Waals surface area (Å²) in [5.74, 6) is 0.211. The molecule has 0 aliphatic carbocycles. The van der Waals surface area contributed by atoms with Crippen LogP contribution in [-0.2, 0) is 18.4 Å². The number of amides is 1. The van der Waals surface area contributed by atoms with Crippen LogP contribution in [0.15, 0.2) is 78.0 Å². The molecule has 0 spiro atoms. The smallest absolute Gasteiger partial charge is 0.257 e. The third kappa shape index (κ3) is 6.51. The van der Waals surface area contributed by atoms with Crippen molar-refractivity contribution in [2.45, 2.75) is 46.1 Å². The lowest BCUT2D eigenvalue weighted by molar-refractivity contribution is 0.0977. The van der Waals surface area contributed by atoms with Crippen LogP contribution < -0.4 is 10.6 Å². The van der Waals surface area contributed by atoms with E-state index in [4.69, 9.17) is 0 Å². The van der Waals surface area contributed by atoms with Crippen molar-refractivity contribution in [3.63, 3.8) is 0 Å². The summed E-state index contributed by atoms with van der Waals surface area (Å²) in [5, 5.41) is 6.19. The van der Waals surface area contributed by atoms with Crippen LogP contribution in [0.1, 0.15) is 54.7 Å². The SMILES string of the molecule is CCc1cccc(NC(=NCc2ccncc2)NC(=O)c2ccc(C(C)(C)C)cc2)c1. The van der Waals surface area contributed by atoms with Crippen molar-refractivity contribution in [1.82, 2.24) is 10.3 Å². The van der Waals surface area contributed by atoms with Gasteiger partial charge in [0.25, 0.3) is 5.91 Å². The molecule has 0 aliphatic heterocycles.